The molecule has 1 saturated heterocycles. The SMILES string of the molecule is CC(C)Cc1ccc(C(=O)CCC(=O)N2CCCCC2CN)cc1.Cl. The number of carbonyl (C=O) groups excluding carboxylic acids is 2. The molecule has 0 aromatic heterocycles. The molecule has 1 heterocycles. The number of benzene rings is 1. The zero-order valence-corrected chi connectivity index (χ0v) is 16.2. The first-order chi connectivity index (χ1) is 11.5. The summed E-state index contributed by atoms with van der Waals surface area (Å²) in [5.74, 6) is 0.708. The van der Waals surface area contributed by atoms with Crippen molar-refractivity contribution in [1.82, 2.24) is 4.90 Å². The van der Waals surface area contributed by atoms with Crippen molar-refractivity contribution < 1.29 is 9.59 Å². The standard InChI is InChI=1S/C20H30N2O2.ClH/c1-15(2)13-16-6-8-17(9-7-16)19(23)10-11-20(24)22-12-4-3-5-18(22)14-21;/h6-9,15,18H,3-5,10-14,21H2,1-2H3;1H. The van der Waals surface area contributed by atoms with Gasteiger partial charge >= 0.3 is 0 Å². The van der Waals surface area contributed by atoms with Gasteiger partial charge in [0.1, 0.15) is 0 Å². The number of nitrogens with two attached hydrogens (primary N) is 1. The zero-order valence-electron chi connectivity index (χ0n) is 15.4. The van der Waals surface area contributed by atoms with Crippen LogP contribution in [0.5, 0.6) is 0 Å². The van der Waals surface area contributed by atoms with Gasteiger partial charge in [0.2, 0.25) is 5.91 Å². The lowest BCUT2D eigenvalue weighted by molar-refractivity contribution is -0.134. The van der Waals surface area contributed by atoms with Crippen LogP contribution in [0.15, 0.2) is 24.3 Å². The van der Waals surface area contributed by atoms with E-state index in [1.54, 1.807) is 0 Å². The summed E-state index contributed by atoms with van der Waals surface area (Å²) in [6.45, 7) is 5.65. The summed E-state index contributed by atoms with van der Waals surface area (Å²) in [6, 6.07) is 7.95. The smallest absolute Gasteiger partial charge is 0.223 e. The number of rotatable bonds is 7. The van der Waals surface area contributed by atoms with Gasteiger partial charge in [-0.2, -0.15) is 0 Å². The van der Waals surface area contributed by atoms with Gasteiger partial charge in [0.15, 0.2) is 5.78 Å². The molecule has 140 valence electrons. The number of likely N-dealkylation sites (tertiary alicyclic amines) is 1. The number of carbonyl (C=O) groups is 2. The van der Waals surface area contributed by atoms with Crippen LogP contribution < -0.4 is 5.73 Å². The van der Waals surface area contributed by atoms with Gasteiger partial charge in [-0.15, -0.1) is 12.4 Å². The fraction of sp³-hybridized carbons (Fsp3) is 0.600. The number of halogens is 1. The number of amides is 1. The molecular weight excluding hydrogens is 336 g/mol. The van der Waals surface area contributed by atoms with Crippen molar-refractivity contribution in [3.8, 4) is 0 Å². The predicted molar refractivity (Wildman–Crippen MR) is 104 cm³/mol. The summed E-state index contributed by atoms with van der Waals surface area (Å²) < 4.78 is 0. The van der Waals surface area contributed by atoms with Crippen LogP contribution in [-0.2, 0) is 11.2 Å². The minimum Gasteiger partial charge on any atom is -0.338 e. The molecule has 1 unspecified atom stereocenters. The van der Waals surface area contributed by atoms with Crippen LogP contribution in [0.25, 0.3) is 0 Å². The van der Waals surface area contributed by atoms with Gasteiger partial charge in [-0.25, -0.2) is 0 Å². The molecule has 1 aliphatic rings. The van der Waals surface area contributed by atoms with Gasteiger partial charge in [0.05, 0.1) is 0 Å². The summed E-state index contributed by atoms with van der Waals surface area (Å²) in [5.41, 5.74) is 7.71. The van der Waals surface area contributed by atoms with Crippen LogP contribution >= 0.6 is 12.4 Å². The maximum absolute atomic E-state index is 12.4. The number of hydrogen-bond acceptors (Lipinski definition) is 3. The third kappa shape index (κ3) is 6.44. The normalized spacial score (nSPS) is 17.3. The van der Waals surface area contributed by atoms with Crippen molar-refractivity contribution in [3.63, 3.8) is 0 Å². The number of hydrogen-bond donors (Lipinski definition) is 1. The first-order valence-corrected chi connectivity index (χ1v) is 9.13. The fourth-order valence-electron chi connectivity index (χ4n) is 3.38. The molecule has 1 amide bonds. The molecule has 0 saturated carbocycles. The second kappa shape index (κ2) is 10.6. The summed E-state index contributed by atoms with van der Waals surface area (Å²) in [7, 11) is 0. The second-order valence-electron chi connectivity index (χ2n) is 7.19. The number of ketones is 1. The molecule has 25 heavy (non-hydrogen) atoms. The lowest BCUT2D eigenvalue weighted by Crippen LogP contribution is -2.47. The highest BCUT2D eigenvalue weighted by atomic mass is 35.5. The lowest BCUT2D eigenvalue weighted by atomic mass is 9.98. The summed E-state index contributed by atoms with van der Waals surface area (Å²) >= 11 is 0. The highest BCUT2D eigenvalue weighted by Crippen LogP contribution is 2.18. The molecule has 0 aliphatic carbocycles. The molecule has 0 radical (unpaired) electrons. The summed E-state index contributed by atoms with van der Waals surface area (Å²) in [6.07, 6.45) is 4.72. The highest BCUT2D eigenvalue weighted by molar-refractivity contribution is 5.98. The summed E-state index contributed by atoms with van der Waals surface area (Å²) in [4.78, 5) is 26.6. The van der Waals surface area contributed by atoms with E-state index < -0.39 is 0 Å². The van der Waals surface area contributed by atoms with Gasteiger partial charge in [0.25, 0.3) is 0 Å². The van der Waals surface area contributed by atoms with E-state index in [0.29, 0.717) is 18.0 Å². The Labute approximate surface area is 157 Å². The third-order valence-corrected chi connectivity index (χ3v) is 4.71. The fourth-order valence-corrected chi connectivity index (χ4v) is 3.38. The van der Waals surface area contributed by atoms with Gasteiger partial charge in [-0.3, -0.25) is 9.59 Å². The molecule has 1 fully saturated rings. The third-order valence-electron chi connectivity index (χ3n) is 4.71. The highest BCUT2D eigenvalue weighted by Gasteiger charge is 2.25. The molecule has 1 aromatic rings. The van der Waals surface area contributed by atoms with Crippen LogP contribution in [-0.4, -0.2) is 35.7 Å². The molecule has 0 spiro atoms. The minimum atomic E-state index is 0. The van der Waals surface area contributed by atoms with E-state index >= 15 is 0 Å². The van der Waals surface area contributed by atoms with E-state index in [1.165, 1.54) is 5.56 Å². The monoisotopic (exact) mass is 366 g/mol. The molecule has 1 aromatic carbocycles. The Morgan fingerprint density at radius 1 is 1.16 bits per heavy atom. The van der Waals surface area contributed by atoms with Gasteiger partial charge in [0, 0.05) is 37.5 Å². The number of nitrogens with zero attached hydrogens (tertiary/aromatic N) is 1. The van der Waals surface area contributed by atoms with Crippen LogP contribution in [0.2, 0.25) is 0 Å². The first kappa shape index (κ1) is 21.7. The molecular formula is C20H31ClN2O2. The quantitative estimate of drug-likeness (QED) is 0.750. The number of Topliss-reactive ketones (excluding diaryl/α,β-unsaturated/α-hetero) is 1. The van der Waals surface area contributed by atoms with Crippen molar-refractivity contribution in [1.29, 1.82) is 0 Å². The van der Waals surface area contributed by atoms with Crippen LogP contribution in [0.1, 0.15) is 61.9 Å². The van der Waals surface area contributed by atoms with Crippen LogP contribution in [0.4, 0.5) is 0 Å². The predicted octanol–water partition coefficient (Wildman–Crippen LogP) is 3.61. The van der Waals surface area contributed by atoms with Gasteiger partial charge in [-0.05, 0) is 37.2 Å². The first-order valence-electron chi connectivity index (χ1n) is 9.13. The van der Waals surface area contributed by atoms with Gasteiger partial charge in [-0.1, -0.05) is 38.1 Å². The Balaban J connectivity index is 0.00000312. The molecule has 0 bridgehead atoms. The Morgan fingerprint density at radius 3 is 2.44 bits per heavy atom. The average Bonchev–Trinajstić information content (AvgIpc) is 2.59. The average molecular weight is 367 g/mol. The number of piperidine rings is 1. The Bertz CT molecular complexity index is 557. The van der Waals surface area contributed by atoms with E-state index in [9.17, 15) is 9.59 Å². The maximum Gasteiger partial charge on any atom is 0.223 e. The Morgan fingerprint density at radius 2 is 1.84 bits per heavy atom. The topological polar surface area (TPSA) is 63.4 Å². The van der Waals surface area contributed by atoms with E-state index in [2.05, 4.69) is 13.8 Å². The van der Waals surface area contributed by atoms with Crippen molar-refractivity contribution in [2.45, 2.75) is 58.4 Å². The van der Waals surface area contributed by atoms with E-state index in [1.807, 2.05) is 29.2 Å². The van der Waals surface area contributed by atoms with E-state index in [0.717, 1.165) is 32.2 Å². The van der Waals surface area contributed by atoms with Crippen molar-refractivity contribution in [3.05, 3.63) is 35.4 Å². The van der Waals surface area contributed by atoms with Gasteiger partial charge < -0.3 is 10.6 Å². The largest absolute Gasteiger partial charge is 0.338 e. The molecule has 5 heteroatoms. The lowest BCUT2D eigenvalue weighted by Gasteiger charge is -2.35. The maximum atomic E-state index is 12.4. The molecule has 2 N–H and O–H groups in total. The minimum absolute atomic E-state index is 0. The van der Waals surface area contributed by atoms with Crippen LogP contribution in [0, 0.1) is 5.92 Å². The van der Waals surface area contributed by atoms with Crippen LogP contribution in [0.3, 0.4) is 0 Å². The molecule has 2 rings (SSSR count). The molecule has 1 atom stereocenters. The van der Waals surface area contributed by atoms with E-state index in [4.69, 9.17) is 5.73 Å². The van der Waals surface area contributed by atoms with E-state index in [-0.39, 0.29) is 43.0 Å². The zero-order chi connectivity index (χ0) is 17.5. The van der Waals surface area contributed by atoms with Crippen molar-refractivity contribution in [2.24, 2.45) is 11.7 Å². The second-order valence-corrected chi connectivity index (χ2v) is 7.19. The molecule has 1 aliphatic heterocycles. The Kier molecular flexibility index (Phi) is 9.15. The van der Waals surface area contributed by atoms with Crippen molar-refractivity contribution in [2.75, 3.05) is 13.1 Å². The van der Waals surface area contributed by atoms with Crippen molar-refractivity contribution >= 4 is 24.1 Å². The Hall–Kier alpha value is -1.39. The summed E-state index contributed by atoms with van der Waals surface area (Å²) in [5, 5.41) is 0. The molecule has 4 nitrogen and oxygen atoms in total.